The number of hydrogen-bond acceptors (Lipinski definition) is 5. The molecule has 1 N–H and O–H groups in total. The topological polar surface area (TPSA) is 59.1 Å². The van der Waals surface area contributed by atoms with Gasteiger partial charge in [-0.1, -0.05) is 12.1 Å². The third-order valence-corrected chi connectivity index (χ3v) is 4.98. The molecular formula is C18H23N5O. The summed E-state index contributed by atoms with van der Waals surface area (Å²) in [5.41, 5.74) is 2.98. The van der Waals surface area contributed by atoms with Crippen molar-refractivity contribution in [3.8, 4) is 0 Å². The molecule has 2 aromatic heterocycles. The normalized spacial score (nSPS) is 22.1. The molecule has 1 saturated heterocycles. The zero-order chi connectivity index (χ0) is 16.5. The van der Waals surface area contributed by atoms with Crippen LogP contribution in [0.3, 0.4) is 0 Å². The zero-order valence-electron chi connectivity index (χ0n) is 14.1. The first-order valence-corrected chi connectivity index (χ1v) is 8.50. The van der Waals surface area contributed by atoms with Gasteiger partial charge in [-0.15, -0.1) is 0 Å². The highest BCUT2D eigenvalue weighted by Gasteiger charge is 2.32. The molecule has 0 aliphatic carbocycles. The Hall–Kier alpha value is -2.34. The monoisotopic (exact) mass is 325 g/mol. The summed E-state index contributed by atoms with van der Waals surface area (Å²) in [5.74, 6) is 0.495. The lowest BCUT2D eigenvalue weighted by atomic mass is 9.87. The summed E-state index contributed by atoms with van der Waals surface area (Å²) in [5, 5.41) is 7.75. The molecule has 1 aliphatic rings. The number of para-hydroxylation sites is 2. The van der Waals surface area contributed by atoms with Gasteiger partial charge >= 0.3 is 0 Å². The molecule has 1 fully saturated rings. The standard InChI is InChI=1S/C18H23N5O/c1-22-11-5-6-13(17(22)15-9-10-20-23(15)2)12-19-18-21-14-7-3-4-8-16(14)24-18/h3-4,7-10,13,17H,5-6,11-12H2,1-2H3,(H,19,21)/t13-,17+/m0/s1. The number of aryl methyl sites for hydroxylation is 1. The first-order chi connectivity index (χ1) is 11.7. The molecule has 6 nitrogen and oxygen atoms in total. The molecule has 2 atom stereocenters. The second-order valence-corrected chi connectivity index (χ2v) is 6.58. The quantitative estimate of drug-likeness (QED) is 0.799. The van der Waals surface area contributed by atoms with Gasteiger partial charge in [-0.2, -0.15) is 10.1 Å². The van der Waals surface area contributed by atoms with Crippen LogP contribution in [-0.2, 0) is 7.05 Å². The Morgan fingerprint density at radius 1 is 1.25 bits per heavy atom. The van der Waals surface area contributed by atoms with E-state index in [1.807, 2.05) is 42.2 Å². The summed E-state index contributed by atoms with van der Waals surface area (Å²) in [6.45, 7) is 1.96. The van der Waals surface area contributed by atoms with Crippen LogP contribution in [0.25, 0.3) is 11.1 Å². The van der Waals surface area contributed by atoms with Crippen molar-refractivity contribution in [1.29, 1.82) is 0 Å². The van der Waals surface area contributed by atoms with Crippen molar-refractivity contribution in [1.82, 2.24) is 19.7 Å². The Balaban J connectivity index is 1.52. The van der Waals surface area contributed by atoms with Gasteiger partial charge in [0.25, 0.3) is 6.01 Å². The summed E-state index contributed by atoms with van der Waals surface area (Å²) in [4.78, 5) is 6.94. The molecule has 0 radical (unpaired) electrons. The number of aromatic nitrogens is 3. The first kappa shape index (κ1) is 15.2. The van der Waals surface area contributed by atoms with Crippen LogP contribution in [0.15, 0.2) is 40.9 Å². The van der Waals surface area contributed by atoms with Gasteiger partial charge in [0, 0.05) is 19.8 Å². The molecule has 3 aromatic rings. The van der Waals surface area contributed by atoms with Crippen LogP contribution in [0, 0.1) is 5.92 Å². The summed E-state index contributed by atoms with van der Waals surface area (Å²) >= 11 is 0. The number of hydrogen-bond donors (Lipinski definition) is 1. The van der Waals surface area contributed by atoms with Crippen molar-refractivity contribution in [2.24, 2.45) is 13.0 Å². The fourth-order valence-corrected chi connectivity index (χ4v) is 3.78. The Labute approximate surface area is 141 Å². The third kappa shape index (κ3) is 2.78. The maximum Gasteiger partial charge on any atom is 0.295 e. The van der Waals surface area contributed by atoms with Crippen molar-refractivity contribution in [2.75, 3.05) is 25.5 Å². The van der Waals surface area contributed by atoms with Crippen LogP contribution in [0.1, 0.15) is 24.6 Å². The van der Waals surface area contributed by atoms with E-state index in [1.54, 1.807) is 0 Å². The minimum absolute atomic E-state index is 0.364. The number of rotatable bonds is 4. The van der Waals surface area contributed by atoms with E-state index in [2.05, 4.69) is 33.4 Å². The number of likely N-dealkylation sites (tertiary alicyclic amines) is 1. The first-order valence-electron chi connectivity index (χ1n) is 8.50. The molecule has 0 bridgehead atoms. The van der Waals surface area contributed by atoms with Crippen LogP contribution >= 0.6 is 0 Å². The molecule has 6 heteroatoms. The number of oxazole rings is 1. The van der Waals surface area contributed by atoms with Crippen molar-refractivity contribution in [3.63, 3.8) is 0 Å². The van der Waals surface area contributed by atoms with E-state index in [0.29, 0.717) is 18.0 Å². The second-order valence-electron chi connectivity index (χ2n) is 6.58. The smallest absolute Gasteiger partial charge is 0.295 e. The maximum absolute atomic E-state index is 5.78. The van der Waals surface area contributed by atoms with Gasteiger partial charge in [0.15, 0.2) is 5.58 Å². The maximum atomic E-state index is 5.78. The van der Waals surface area contributed by atoms with E-state index in [9.17, 15) is 0 Å². The van der Waals surface area contributed by atoms with Gasteiger partial charge in [-0.3, -0.25) is 9.58 Å². The molecule has 0 spiro atoms. The second kappa shape index (κ2) is 6.28. The van der Waals surface area contributed by atoms with Gasteiger partial charge < -0.3 is 9.73 Å². The lowest BCUT2D eigenvalue weighted by molar-refractivity contribution is 0.120. The lowest BCUT2D eigenvalue weighted by Gasteiger charge is -2.39. The van der Waals surface area contributed by atoms with E-state index in [0.717, 1.165) is 24.2 Å². The number of fused-ring (bicyclic) bond motifs is 1. The van der Waals surface area contributed by atoms with Gasteiger partial charge in [0.05, 0.1) is 11.7 Å². The molecule has 126 valence electrons. The van der Waals surface area contributed by atoms with E-state index >= 15 is 0 Å². The van der Waals surface area contributed by atoms with Crippen LogP contribution in [0.5, 0.6) is 0 Å². The van der Waals surface area contributed by atoms with Crippen molar-refractivity contribution in [3.05, 3.63) is 42.2 Å². The molecule has 4 rings (SSSR count). The van der Waals surface area contributed by atoms with Crippen LogP contribution < -0.4 is 5.32 Å². The summed E-state index contributed by atoms with van der Waals surface area (Å²) in [6, 6.07) is 10.9. The van der Waals surface area contributed by atoms with Gasteiger partial charge in [-0.05, 0) is 50.6 Å². The fourth-order valence-electron chi connectivity index (χ4n) is 3.78. The van der Waals surface area contributed by atoms with E-state index in [-0.39, 0.29) is 0 Å². The fraction of sp³-hybridized carbons (Fsp3) is 0.444. The predicted octanol–water partition coefficient (Wildman–Crippen LogP) is 3.06. The predicted molar refractivity (Wildman–Crippen MR) is 93.8 cm³/mol. The SMILES string of the molecule is CN1CCC[C@@H](CNc2nc3ccccc3o2)[C@@H]1c1ccnn1C. The molecule has 24 heavy (non-hydrogen) atoms. The Bertz CT molecular complexity index is 791. The van der Waals surface area contributed by atoms with E-state index in [4.69, 9.17) is 4.42 Å². The highest BCUT2D eigenvalue weighted by molar-refractivity contribution is 5.74. The van der Waals surface area contributed by atoms with E-state index in [1.165, 1.54) is 18.5 Å². The highest BCUT2D eigenvalue weighted by Crippen LogP contribution is 2.35. The molecular weight excluding hydrogens is 302 g/mol. The van der Waals surface area contributed by atoms with Crippen molar-refractivity contribution >= 4 is 17.1 Å². The molecule has 0 unspecified atom stereocenters. The molecule has 0 saturated carbocycles. The number of piperidine rings is 1. The van der Waals surface area contributed by atoms with Crippen LogP contribution in [0.2, 0.25) is 0 Å². The Morgan fingerprint density at radius 3 is 2.92 bits per heavy atom. The Morgan fingerprint density at radius 2 is 2.12 bits per heavy atom. The van der Waals surface area contributed by atoms with Crippen LogP contribution in [-0.4, -0.2) is 39.8 Å². The molecule has 1 aliphatic heterocycles. The Kier molecular flexibility index (Phi) is 3.98. The largest absolute Gasteiger partial charge is 0.424 e. The minimum Gasteiger partial charge on any atom is -0.424 e. The van der Waals surface area contributed by atoms with E-state index < -0.39 is 0 Å². The van der Waals surface area contributed by atoms with Gasteiger partial charge in [-0.25, -0.2) is 0 Å². The van der Waals surface area contributed by atoms with Gasteiger partial charge in [0.1, 0.15) is 5.52 Å². The highest BCUT2D eigenvalue weighted by atomic mass is 16.4. The molecule has 0 amide bonds. The average molecular weight is 325 g/mol. The van der Waals surface area contributed by atoms with Crippen LogP contribution in [0.4, 0.5) is 6.01 Å². The van der Waals surface area contributed by atoms with Gasteiger partial charge in [0.2, 0.25) is 0 Å². The molecule has 1 aromatic carbocycles. The summed E-state index contributed by atoms with van der Waals surface area (Å²) in [6.07, 6.45) is 4.28. The van der Waals surface area contributed by atoms with Crippen molar-refractivity contribution in [2.45, 2.75) is 18.9 Å². The summed E-state index contributed by atoms with van der Waals surface area (Å²) in [7, 11) is 4.21. The minimum atomic E-state index is 0.364. The van der Waals surface area contributed by atoms with Crippen molar-refractivity contribution < 1.29 is 4.42 Å². The number of nitrogens with zero attached hydrogens (tertiary/aromatic N) is 4. The third-order valence-electron chi connectivity index (χ3n) is 4.98. The number of benzene rings is 1. The number of nitrogens with one attached hydrogen (secondary N) is 1. The molecule has 3 heterocycles. The summed E-state index contributed by atoms with van der Waals surface area (Å²) < 4.78 is 7.77. The average Bonchev–Trinajstić information content (AvgIpc) is 3.18. The lowest BCUT2D eigenvalue weighted by Crippen LogP contribution is -2.39. The number of anilines is 1. The zero-order valence-corrected chi connectivity index (χ0v) is 14.1.